The number of rotatable bonds is 3. The van der Waals surface area contributed by atoms with Gasteiger partial charge in [-0.05, 0) is 12.0 Å². The summed E-state index contributed by atoms with van der Waals surface area (Å²) in [6.45, 7) is 3.81. The highest BCUT2D eigenvalue weighted by atomic mass is 35.5. The highest BCUT2D eigenvalue weighted by Gasteiger charge is 2.19. The molecule has 2 rings (SSSR count). The van der Waals surface area contributed by atoms with Crippen molar-refractivity contribution in [2.75, 3.05) is 0 Å². The van der Waals surface area contributed by atoms with Gasteiger partial charge < -0.3 is 15.8 Å². The van der Waals surface area contributed by atoms with Crippen LogP contribution in [0.15, 0.2) is 29.1 Å². The van der Waals surface area contributed by atoms with Crippen molar-refractivity contribution < 1.29 is 5.11 Å². The fraction of sp³-hybridized carbons (Fsp3) is 0.286. The number of hydrogen-bond acceptors (Lipinski definition) is 4. The van der Waals surface area contributed by atoms with E-state index in [1.165, 1.54) is 0 Å². The summed E-state index contributed by atoms with van der Waals surface area (Å²) in [5, 5.41) is 10.4. The van der Waals surface area contributed by atoms with E-state index in [9.17, 15) is 9.90 Å². The summed E-state index contributed by atoms with van der Waals surface area (Å²) in [6.07, 6.45) is 0. The summed E-state index contributed by atoms with van der Waals surface area (Å²) in [6, 6.07) is 6.32. The van der Waals surface area contributed by atoms with Gasteiger partial charge in [0, 0.05) is 10.6 Å². The topological polar surface area (TPSA) is 92.0 Å². The SMILES string of the molecule is CC(C)C(N)c1nc(O)c(-c2ccccc2Cl)c(=O)[nH]1. The minimum atomic E-state index is -0.461. The van der Waals surface area contributed by atoms with Gasteiger partial charge in [-0.1, -0.05) is 43.6 Å². The number of H-pyrrole nitrogens is 1. The van der Waals surface area contributed by atoms with E-state index in [4.69, 9.17) is 17.3 Å². The first-order chi connectivity index (χ1) is 9.41. The van der Waals surface area contributed by atoms with Gasteiger partial charge in [0.1, 0.15) is 11.4 Å². The van der Waals surface area contributed by atoms with Gasteiger partial charge in [0.25, 0.3) is 5.56 Å². The molecule has 2 aromatic rings. The number of nitrogens with two attached hydrogens (primary N) is 1. The molecule has 0 aliphatic carbocycles. The lowest BCUT2D eigenvalue weighted by Crippen LogP contribution is -2.24. The average Bonchev–Trinajstić information content (AvgIpc) is 2.39. The van der Waals surface area contributed by atoms with Gasteiger partial charge in [-0.15, -0.1) is 0 Å². The predicted molar refractivity (Wildman–Crippen MR) is 78.7 cm³/mol. The molecule has 1 heterocycles. The number of hydrogen-bond donors (Lipinski definition) is 3. The molecule has 1 unspecified atom stereocenters. The number of halogens is 1. The normalized spacial score (nSPS) is 12.7. The molecule has 0 bridgehead atoms. The molecular formula is C14H16ClN3O2. The molecule has 106 valence electrons. The molecule has 0 saturated heterocycles. The third kappa shape index (κ3) is 2.69. The first kappa shape index (κ1) is 14.6. The van der Waals surface area contributed by atoms with Crippen LogP contribution in [0.3, 0.4) is 0 Å². The standard InChI is InChI=1S/C14H16ClN3O2/c1-7(2)11(16)12-17-13(19)10(14(20)18-12)8-5-3-4-6-9(8)15/h3-7,11H,16H2,1-2H3,(H2,17,18,19,20). The Bertz CT molecular complexity index is 682. The van der Waals surface area contributed by atoms with E-state index in [0.717, 1.165) is 0 Å². The van der Waals surface area contributed by atoms with E-state index in [1.54, 1.807) is 24.3 Å². The number of aromatic hydroxyl groups is 1. The molecule has 0 spiro atoms. The zero-order valence-electron chi connectivity index (χ0n) is 11.2. The van der Waals surface area contributed by atoms with Gasteiger partial charge in [-0.2, -0.15) is 4.98 Å². The van der Waals surface area contributed by atoms with Gasteiger partial charge in [0.2, 0.25) is 5.88 Å². The molecule has 4 N–H and O–H groups in total. The van der Waals surface area contributed by atoms with E-state index < -0.39 is 11.6 Å². The lowest BCUT2D eigenvalue weighted by Gasteiger charge is -2.15. The molecule has 0 amide bonds. The van der Waals surface area contributed by atoms with Crippen LogP contribution in [-0.2, 0) is 0 Å². The summed E-state index contributed by atoms with van der Waals surface area (Å²) in [5.41, 5.74) is 5.95. The number of aromatic nitrogens is 2. The van der Waals surface area contributed by atoms with Crippen molar-refractivity contribution in [2.45, 2.75) is 19.9 Å². The fourth-order valence-electron chi connectivity index (χ4n) is 1.86. The van der Waals surface area contributed by atoms with Crippen LogP contribution in [0, 0.1) is 5.92 Å². The van der Waals surface area contributed by atoms with Crippen molar-refractivity contribution in [1.82, 2.24) is 9.97 Å². The highest BCUT2D eigenvalue weighted by Crippen LogP contribution is 2.30. The first-order valence-corrected chi connectivity index (χ1v) is 6.63. The van der Waals surface area contributed by atoms with E-state index in [1.807, 2.05) is 13.8 Å². The number of benzene rings is 1. The smallest absolute Gasteiger partial charge is 0.262 e. The third-order valence-electron chi connectivity index (χ3n) is 3.10. The highest BCUT2D eigenvalue weighted by molar-refractivity contribution is 6.33. The van der Waals surface area contributed by atoms with Crippen LogP contribution < -0.4 is 11.3 Å². The summed E-state index contributed by atoms with van der Waals surface area (Å²) < 4.78 is 0. The second-order valence-electron chi connectivity index (χ2n) is 4.90. The molecule has 0 aliphatic heterocycles. The van der Waals surface area contributed by atoms with Crippen LogP contribution in [0.2, 0.25) is 5.02 Å². The van der Waals surface area contributed by atoms with Crippen LogP contribution in [0.1, 0.15) is 25.7 Å². The minimum absolute atomic E-state index is 0.0512. The predicted octanol–water partition coefficient (Wildman–Crippen LogP) is 2.45. The average molecular weight is 294 g/mol. The second kappa shape index (κ2) is 5.64. The molecular weight excluding hydrogens is 278 g/mol. The van der Waals surface area contributed by atoms with Crippen LogP contribution in [-0.4, -0.2) is 15.1 Å². The molecule has 20 heavy (non-hydrogen) atoms. The van der Waals surface area contributed by atoms with E-state index in [0.29, 0.717) is 10.6 Å². The van der Waals surface area contributed by atoms with Crippen LogP contribution in [0.25, 0.3) is 11.1 Å². The van der Waals surface area contributed by atoms with E-state index >= 15 is 0 Å². The molecule has 0 radical (unpaired) electrons. The lowest BCUT2D eigenvalue weighted by atomic mass is 10.0. The Labute approximate surface area is 121 Å². The summed E-state index contributed by atoms with van der Waals surface area (Å²) in [7, 11) is 0. The summed E-state index contributed by atoms with van der Waals surface area (Å²) in [5.74, 6) is -0.0185. The van der Waals surface area contributed by atoms with Crippen molar-refractivity contribution in [3.63, 3.8) is 0 Å². The lowest BCUT2D eigenvalue weighted by molar-refractivity contribution is 0.433. The van der Waals surface area contributed by atoms with Crippen molar-refractivity contribution in [3.05, 3.63) is 45.5 Å². The zero-order valence-corrected chi connectivity index (χ0v) is 12.0. The summed E-state index contributed by atoms with van der Waals surface area (Å²) in [4.78, 5) is 18.8. The van der Waals surface area contributed by atoms with E-state index in [2.05, 4.69) is 9.97 Å². The maximum atomic E-state index is 12.2. The van der Waals surface area contributed by atoms with Gasteiger partial charge >= 0.3 is 0 Å². The van der Waals surface area contributed by atoms with Crippen LogP contribution in [0.4, 0.5) is 0 Å². The Morgan fingerprint density at radius 1 is 1.35 bits per heavy atom. The largest absolute Gasteiger partial charge is 0.493 e. The fourth-order valence-corrected chi connectivity index (χ4v) is 2.09. The molecule has 1 atom stereocenters. The van der Waals surface area contributed by atoms with E-state index in [-0.39, 0.29) is 23.2 Å². The van der Waals surface area contributed by atoms with Gasteiger partial charge in [0.05, 0.1) is 6.04 Å². The van der Waals surface area contributed by atoms with Crippen molar-refractivity contribution >= 4 is 11.6 Å². The Morgan fingerprint density at radius 2 is 2.00 bits per heavy atom. The van der Waals surface area contributed by atoms with Crippen molar-refractivity contribution in [1.29, 1.82) is 0 Å². The maximum Gasteiger partial charge on any atom is 0.262 e. The Balaban J connectivity index is 2.59. The van der Waals surface area contributed by atoms with Gasteiger partial charge in [-0.3, -0.25) is 4.79 Å². The minimum Gasteiger partial charge on any atom is -0.493 e. The Morgan fingerprint density at radius 3 is 2.55 bits per heavy atom. The van der Waals surface area contributed by atoms with Gasteiger partial charge in [0.15, 0.2) is 0 Å². The van der Waals surface area contributed by atoms with Gasteiger partial charge in [-0.25, -0.2) is 0 Å². The van der Waals surface area contributed by atoms with Crippen molar-refractivity contribution in [2.24, 2.45) is 11.7 Å². The molecule has 6 heteroatoms. The number of nitrogens with one attached hydrogen (secondary N) is 1. The number of nitrogens with zero attached hydrogens (tertiary/aromatic N) is 1. The first-order valence-electron chi connectivity index (χ1n) is 6.25. The zero-order chi connectivity index (χ0) is 14.9. The summed E-state index contributed by atoms with van der Waals surface area (Å²) >= 11 is 6.04. The third-order valence-corrected chi connectivity index (χ3v) is 3.43. The van der Waals surface area contributed by atoms with Crippen molar-refractivity contribution in [3.8, 4) is 17.0 Å². The molecule has 1 aromatic carbocycles. The quantitative estimate of drug-likeness (QED) is 0.810. The van der Waals surface area contributed by atoms with Crippen LogP contribution >= 0.6 is 11.6 Å². The molecule has 0 saturated carbocycles. The molecule has 1 aromatic heterocycles. The monoisotopic (exact) mass is 293 g/mol. The maximum absolute atomic E-state index is 12.2. The Kier molecular flexibility index (Phi) is 4.11. The Hall–Kier alpha value is -1.85. The molecule has 0 aliphatic rings. The number of aromatic amines is 1. The molecule has 5 nitrogen and oxygen atoms in total. The second-order valence-corrected chi connectivity index (χ2v) is 5.31. The van der Waals surface area contributed by atoms with Crippen LogP contribution in [0.5, 0.6) is 5.88 Å². The molecule has 0 fully saturated rings.